The highest BCUT2D eigenvalue weighted by molar-refractivity contribution is 5.76. The number of amides is 2. The topological polar surface area (TPSA) is 72.9 Å². The lowest BCUT2D eigenvalue weighted by atomic mass is 9.84. The van der Waals surface area contributed by atoms with E-state index in [-0.39, 0.29) is 12.1 Å². The first-order valence-electron chi connectivity index (χ1n) is 7.93. The third-order valence-corrected chi connectivity index (χ3v) is 4.89. The standard InChI is InChI=1S/C15H27N3O3/c1-17-9-5-6-11(17)10-18(2)15(21)16-13-8-4-3-7-12(13)14(19)20/h11-13H,3-10H2,1-2H3,(H,16,21)(H,19,20). The lowest BCUT2D eigenvalue weighted by Crippen LogP contribution is -2.51. The van der Waals surface area contributed by atoms with Crippen molar-refractivity contribution in [2.75, 3.05) is 27.2 Å². The molecule has 3 atom stereocenters. The summed E-state index contributed by atoms with van der Waals surface area (Å²) in [6.45, 7) is 1.79. The first-order chi connectivity index (χ1) is 9.99. The SMILES string of the molecule is CN(CC1CCCN1C)C(=O)NC1CCCCC1C(=O)O. The van der Waals surface area contributed by atoms with Gasteiger partial charge in [-0.3, -0.25) is 4.79 Å². The maximum Gasteiger partial charge on any atom is 0.317 e. The summed E-state index contributed by atoms with van der Waals surface area (Å²) in [5.41, 5.74) is 0. The van der Waals surface area contributed by atoms with Crippen molar-refractivity contribution in [1.29, 1.82) is 0 Å². The number of likely N-dealkylation sites (N-methyl/N-ethyl adjacent to an activating group) is 2. The number of carboxylic acid groups (broad SMARTS) is 1. The molecule has 0 aromatic rings. The van der Waals surface area contributed by atoms with Gasteiger partial charge < -0.3 is 20.2 Å². The highest BCUT2D eigenvalue weighted by Crippen LogP contribution is 2.25. The van der Waals surface area contributed by atoms with Gasteiger partial charge in [0.2, 0.25) is 0 Å². The third kappa shape index (κ3) is 4.09. The van der Waals surface area contributed by atoms with Gasteiger partial charge in [0.05, 0.1) is 5.92 Å². The fraction of sp³-hybridized carbons (Fsp3) is 0.867. The Kier molecular flexibility index (Phi) is 5.45. The van der Waals surface area contributed by atoms with E-state index >= 15 is 0 Å². The summed E-state index contributed by atoms with van der Waals surface area (Å²) >= 11 is 0. The number of urea groups is 1. The molecule has 0 radical (unpaired) electrons. The number of nitrogens with one attached hydrogen (secondary N) is 1. The number of carboxylic acids is 1. The summed E-state index contributed by atoms with van der Waals surface area (Å²) in [6.07, 6.45) is 5.65. The Bertz CT molecular complexity index is 388. The highest BCUT2D eigenvalue weighted by atomic mass is 16.4. The van der Waals surface area contributed by atoms with Gasteiger partial charge in [0.25, 0.3) is 0 Å². The van der Waals surface area contributed by atoms with Gasteiger partial charge in [-0.1, -0.05) is 12.8 Å². The molecule has 2 amide bonds. The molecule has 6 heteroatoms. The second-order valence-electron chi connectivity index (χ2n) is 6.44. The van der Waals surface area contributed by atoms with Crippen LogP contribution >= 0.6 is 0 Å². The van der Waals surface area contributed by atoms with E-state index in [1.807, 2.05) is 0 Å². The van der Waals surface area contributed by atoms with Crippen molar-refractivity contribution in [3.63, 3.8) is 0 Å². The van der Waals surface area contributed by atoms with Crippen molar-refractivity contribution in [1.82, 2.24) is 15.1 Å². The second kappa shape index (κ2) is 7.11. The van der Waals surface area contributed by atoms with Crippen LogP contribution in [0.3, 0.4) is 0 Å². The van der Waals surface area contributed by atoms with Gasteiger partial charge in [0.1, 0.15) is 0 Å². The van der Waals surface area contributed by atoms with Crippen LogP contribution in [-0.4, -0.2) is 66.2 Å². The number of aliphatic carboxylic acids is 1. The maximum atomic E-state index is 12.3. The normalized spacial score (nSPS) is 30.1. The van der Waals surface area contributed by atoms with E-state index in [1.54, 1.807) is 11.9 Å². The summed E-state index contributed by atoms with van der Waals surface area (Å²) in [7, 11) is 3.88. The lowest BCUT2D eigenvalue weighted by molar-refractivity contribution is -0.143. The van der Waals surface area contributed by atoms with Crippen LogP contribution in [0.4, 0.5) is 4.79 Å². The summed E-state index contributed by atoms with van der Waals surface area (Å²) < 4.78 is 0. The molecule has 0 spiro atoms. The van der Waals surface area contributed by atoms with Crippen LogP contribution in [0, 0.1) is 5.92 Å². The molecule has 2 aliphatic rings. The van der Waals surface area contributed by atoms with Crippen molar-refractivity contribution in [2.45, 2.75) is 50.6 Å². The number of nitrogens with zero attached hydrogens (tertiary/aromatic N) is 2. The lowest BCUT2D eigenvalue weighted by Gasteiger charge is -2.32. The zero-order valence-corrected chi connectivity index (χ0v) is 13.0. The highest BCUT2D eigenvalue weighted by Gasteiger charge is 2.33. The summed E-state index contributed by atoms with van der Waals surface area (Å²) in [5, 5.41) is 12.2. The van der Waals surface area contributed by atoms with Gasteiger partial charge in [0, 0.05) is 25.7 Å². The number of hydrogen-bond acceptors (Lipinski definition) is 3. The fourth-order valence-electron chi connectivity index (χ4n) is 3.48. The molecule has 1 saturated carbocycles. The molecule has 21 heavy (non-hydrogen) atoms. The molecule has 1 aliphatic heterocycles. The van der Waals surface area contributed by atoms with Gasteiger partial charge in [-0.05, 0) is 39.3 Å². The van der Waals surface area contributed by atoms with Crippen LogP contribution in [0.5, 0.6) is 0 Å². The molecular formula is C15H27N3O3. The van der Waals surface area contributed by atoms with Crippen LogP contribution in [0.25, 0.3) is 0 Å². The fourth-order valence-corrected chi connectivity index (χ4v) is 3.48. The van der Waals surface area contributed by atoms with Crippen LogP contribution < -0.4 is 5.32 Å². The molecule has 2 fully saturated rings. The number of rotatable bonds is 4. The Morgan fingerprint density at radius 1 is 1.24 bits per heavy atom. The van der Waals surface area contributed by atoms with E-state index in [1.165, 1.54) is 6.42 Å². The van der Waals surface area contributed by atoms with E-state index < -0.39 is 11.9 Å². The summed E-state index contributed by atoms with van der Waals surface area (Å²) in [5.74, 6) is -1.23. The Labute approximate surface area is 126 Å². The van der Waals surface area contributed by atoms with Gasteiger partial charge in [-0.15, -0.1) is 0 Å². The molecule has 6 nitrogen and oxygen atoms in total. The predicted octanol–water partition coefficient (Wildman–Crippen LogP) is 1.37. The van der Waals surface area contributed by atoms with Crippen molar-refractivity contribution >= 4 is 12.0 Å². The van der Waals surface area contributed by atoms with E-state index in [2.05, 4.69) is 17.3 Å². The molecule has 1 aliphatic carbocycles. The van der Waals surface area contributed by atoms with Crippen LogP contribution in [0.1, 0.15) is 38.5 Å². The summed E-state index contributed by atoms with van der Waals surface area (Å²) in [4.78, 5) is 27.5. The minimum atomic E-state index is -0.793. The zero-order chi connectivity index (χ0) is 15.4. The van der Waals surface area contributed by atoms with E-state index in [0.717, 1.165) is 32.2 Å². The minimum Gasteiger partial charge on any atom is -0.481 e. The average Bonchev–Trinajstić information content (AvgIpc) is 2.84. The largest absolute Gasteiger partial charge is 0.481 e. The zero-order valence-electron chi connectivity index (χ0n) is 13.0. The van der Waals surface area contributed by atoms with Crippen LogP contribution in [0.15, 0.2) is 0 Å². The van der Waals surface area contributed by atoms with Crippen LogP contribution in [-0.2, 0) is 4.79 Å². The molecule has 120 valence electrons. The van der Waals surface area contributed by atoms with Gasteiger partial charge >= 0.3 is 12.0 Å². The number of hydrogen-bond donors (Lipinski definition) is 2. The molecule has 1 saturated heterocycles. The first kappa shape index (κ1) is 16.1. The van der Waals surface area contributed by atoms with Gasteiger partial charge in [-0.25, -0.2) is 4.79 Å². The molecule has 0 bridgehead atoms. The maximum absolute atomic E-state index is 12.3. The second-order valence-corrected chi connectivity index (χ2v) is 6.44. The minimum absolute atomic E-state index is 0.145. The van der Waals surface area contributed by atoms with Crippen molar-refractivity contribution in [3.8, 4) is 0 Å². The monoisotopic (exact) mass is 297 g/mol. The Morgan fingerprint density at radius 3 is 2.57 bits per heavy atom. The van der Waals surface area contributed by atoms with E-state index in [9.17, 15) is 14.7 Å². The first-order valence-corrected chi connectivity index (χ1v) is 7.93. The molecule has 0 aromatic heterocycles. The molecule has 0 aromatic carbocycles. The number of likely N-dealkylation sites (tertiary alicyclic amines) is 1. The molecular weight excluding hydrogens is 270 g/mol. The average molecular weight is 297 g/mol. The third-order valence-electron chi connectivity index (χ3n) is 4.89. The Morgan fingerprint density at radius 2 is 1.95 bits per heavy atom. The Balaban J connectivity index is 1.85. The Hall–Kier alpha value is -1.30. The number of carbonyl (C=O) groups excluding carboxylic acids is 1. The van der Waals surface area contributed by atoms with Gasteiger partial charge in [0.15, 0.2) is 0 Å². The smallest absolute Gasteiger partial charge is 0.317 e. The van der Waals surface area contributed by atoms with Crippen molar-refractivity contribution in [2.24, 2.45) is 5.92 Å². The quantitative estimate of drug-likeness (QED) is 0.822. The summed E-state index contributed by atoms with van der Waals surface area (Å²) in [6, 6.07) is 0.0448. The number of carbonyl (C=O) groups is 2. The van der Waals surface area contributed by atoms with Crippen molar-refractivity contribution < 1.29 is 14.7 Å². The van der Waals surface area contributed by atoms with Gasteiger partial charge in [-0.2, -0.15) is 0 Å². The van der Waals surface area contributed by atoms with E-state index in [0.29, 0.717) is 19.0 Å². The van der Waals surface area contributed by atoms with Crippen LogP contribution in [0.2, 0.25) is 0 Å². The van der Waals surface area contributed by atoms with Crippen molar-refractivity contribution in [3.05, 3.63) is 0 Å². The predicted molar refractivity (Wildman–Crippen MR) is 80.2 cm³/mol. The molecule has 1 heterocycles. The molecule has 2 N–H and O–H groups in total. The molecule has 2 rings (SSSR count). The molecule has 3 unspecified atom stereocenters. The van der Waals surface area contributed by atoms with E-state index in [4.69, 9.17) is 0 Å².